The topological polar surface area (TPSA) is 46.6 Å². The van der Waals surface area contributed by atoms with Crippen LogP contribution in [0.25, 0.3) is 0 Å². The molecule has 1 aliphatic heterocycles. The third kappa shape index (κ3) is 3.38. The van der Waals surface area contributed by atoms with E-state index in [9.17, 15) is 9.59 Å². The molecule has 0 spiro atoms. The van der Waals surface area contributed by atoms with Gasteiger partial charge in [0, 0.05) is 35.7 Å². The molecule has 1 fully saturated rings. The second-order valence-electron chi connectivity index (χ2n) is 4.38. The van der Waals surface area contributed by atoms with Crippen LogP contribution in [0.4, 0.5) is 5.69 Å². The zero-order chi connectivity index (χ0) is 14.9. The summed E-state index contributed by atoms with van der Waals surface area (Å²) in [4.78, 5) is 25.0. The minimum Gasteiger partial charge on any atom is -0.495 e. The van der Waals surface area contributed by atoms with E-state index < -0.39 is 0 Å². The molecule has 7 heteroatoms. The molecule has 0 aromatic heterocycles. The van der Waals surface area contributed by atoms with E-state index in [0.29, 0.717) is 18.7 Å². The Morgan fingerprint density at radius 1 is 1.40 bits per heavy atom. The van der Waals surface area contributed by atoms with Gasteiger partial charge in [-0.2, -0.15) is 0 Å². The number of benzene rings is 1. The van der Waals surface area contributed by atoms with Crippen molar-refractivity contribution in [2.45, 2.75) is 18.6 Å². The molecule has 0 aliphatic carbocycles. The van der Waals surface area contributed by atoms with Gasteiger partial charge >= 0.3 is 0 Å². The van der Waals surface area contributed by atoms with Gasteiger partial charge in [-0.05, 0) is 37.9 Å². The molecule has 0 radical (unpaired) electrons. The Morgan fingerprint density at radius 3 is 2.70 bits per heavy atom. The van der Waals surface area contributed by atoms with Crippen LogP contribution in [-0.4, -0.2) is 29.9 Å². The summed E-state index contributed by atoms with van der Waals surface area (Å²) >= 11 is 8.09. The average molecular weight is 423 g/mol. The van der Waals surface area contributed by atoms with Gasteiger partial charge in [-0.1, -0.05) is 11.8 Å². The Bertz CT molecular complexity index is 565. The van der Waals surface area contributed by atoms with Gasteiger partial charge in [0.1, 0.15) is 5.75 Å². The van der Waals surface area contributed by atoms with E-state index in [-0.39, 0.29) is 16.3 Å². The van der Waals surface area contributed by atoms with Gasteiger partial charge in [0.25, 0.3) is 0 Å². The highest BCUT2D eigenvalue weighted by atomic mass is 79.9. The fraction of sp³-hybridized carbons (Fsp3) is 0.385. The standard InChI is InChI=1S/C13H13Br2NO3S/c1-7(17)20-8-3-13(18)16(6-8)11-5-12(19-2)10(15)4-9(11)14/h4-5,8H,3,6H2,1-2H3. The van der Waals surface area contributed by atoms with E-state index in [1.54, 1.807) is 12.0 Å². The number of nitrogens with zero attached hydrogens (tertiary/aromatic N) is 1. The molecule has 0 saturated carbocycles. The molecule has 1 aliphatic rings. The highest BCUT2D eigenvalue weighted by molar-refractivity contribution is 9.11. The maximum Gasteiger partial charge on any atom is 0.228 e. The zero-order valence-corrected chi connectivity index (χ0v) is 15.0. The highest BCUT2D eigenvalue weighted by Gasteiger charge is 2.33. The number of thioether (sulfide) groups is 1. The Morgan fingerprint density at radius 2 is 2.10 bits per heavy atom. The third-order valence-corrected chi connectivity index (χ3v) is 5.17. The summed E-state index contributed by atoms with van der Waals surface area (Å²) in [6.45, 7) is 2.06. The Balaban J connectivity index is 2.28. The lowest BCUT2D eigenvalue weighted by atomic mass is 10.3. The lowest BCUT2D eigenvalue weighted by Gasteiger charge is -2.19. The first-order valence-corrected chi connectivity index (χ1v) is 8.39. The van der Waals surface area contributed by atoms with Crippen LogP contribution in [0.2, 0.25) is 0 Å². The summed E-state index contributed by atoms with van der Waals surface area (Å²) in [6, 6.07) is 3.67. The van der Waals surface area contributed by atoms with Crippen molar-refractivity contribution in [1.82, 2.24) is 0 Å². The molecule has 1 amide bonds. The zero-order valence-electron chi connectivity index (χ0n) is 11.0. The van der Waals surface area contributed by atoms with Gasteiger partial charge in [-0.15, -0.1) is 0 Å². The maximum absolute atomic E-state index is 12.1. The van der Waals surface area contributed by atoms with Crippen LogP contribution >= 0.6 is 43.6 Å². The lowest BCUT2D eigenvalue weighted by Crippen LogP contribution is -2.25. The van der Waals surface area contributed by atoms with Gasteiger partial charge in [-0.3, -0.25) is 9.59 Å². The molecule has 1 aromatic rings. The second kappa shape index (κ2) is 6.49. The van der Waals surface area contributed by atoms with Gasteiger partial charge in [0.2, 0.25) is 5.91 Å². The fourth-order valence-electron chi connectivity index (χ4n) is 2.10. The monoisotopic (exact) mass is 421 g/mol. The SMILES string of the molecule is COc1cc(N2CC(SC(C)=O)CC2=O)c(Br)cc1Br. The van der Waals surface area contributed by atoms with Crippen molar-refractivity contribution >= 4 is 60.3 Å². The van der Waals surface area contributed by atoms with Crippen LogP contribution in [0, 0.1) is 0 Å². The van der Waals surface area contributed by atoms with E-state index in [1.165, 1.54) is 18.7 Å². The van der Waals surface area contributed by atoms with Gasteiger partial charge in [0.05, 0.1) is 17.3 Å². The third-order valence-electron chi connectivity index (χ3n) is 2.93. The molecule has 1 atom stereocenters. The number of methoxy groups -OCH3 is 1. The van der Waals surface area contributed by atoms with Crippen molar-refractivity contribution in [1.29, 1.82) is 0 Å². The quantitative estimate of drug-likeness (QED) is 0.746. The van der Waals surface area contributed by atoms with Crippen LogP contribution in [0.1, 0.15) is 13.3 Å². The first-order valence-electron chi connectivity index (χ1n) is 5.93. The predicted octanol–water partition coefficient (Wildman–Crippen LogP) is 3.61. The minimum absolute atomic E-state index is 0.0153. The average Bonchev–Trinajstić information content (AvgIpc) is 2.69. The van der Waals surface area contributed by atoms with Gasteiger partial charge in [0.15, 0.2) is 5.12 Å². The van der Waals surface area contributed by atoms with Crippen molar-refractivity contribution < 1.29 is 14.3 Å². The Hall–Kier alpha value is -0.530. The molecular weight excluding hydrogens is 410 g/mol. The second-order valence-corrected chi connectivity index (χ2v) is 7.56. The number of hydrogen-bond donors (Lipinski definition) is 0. The Labute approximate surface area is 138 Å². The summed E-state index contributed by atoms with van der Waals surface area (Å²) in [6.07, 6.45) is 0.384. The fourth-order valence-corrected chi connectivity index (χ4v) is 4.39. The number of carbonyl (C=O) groups excluding carboxylic acids is 2. The van der Waals surface area contributed by atoms with Crippen molar-refractivity contribution in [3.63, 3.8) is 0 Å². The molecule has 1 heterocycles. The predicted molar refractivity (Wildman–Crippen MR) is 87.4 cm³/mol. The minimum atomic E-state index is 0.0153. The first kappa shape index (κ1) is 15.9. The van der Waals surface area contributed by atoms with Crippen molar-refractivity contribution in [3.05, 3.63) is 21.1 Å². The molecule has 1 saturated heterocycles. The van der Waals surface area contributed by atoms with Gasteiger partial charge < -0.3 is 9.64 Å². The molecule has 2 rings (SSSR count). The normalized spacial score (nSPS) is 18.5. The maximum atomic E-state index is 12.1. The number of halogens is 2. The summed E-state index contributed by atoms with van der Waals surface area (Å²) in [5.74, 6) is 0.687. The number of amides is 1. The number of hydrogen-bond acceptors (Lipinski definition) is 4. The van der Waals surface area contributed by atoms with Crippen LogP contribution < -0.4 is 9.64 Å². The van der Waals surface area contributed by atoms with Gasteiger partial charge in [-0.25, -0.2) is 0 Å². The molecule has 0 bridgehead atoms. The molecule has 0 N–H and O–H groups in total. The molecule has 20 heavy (non-hydrogen) atoms. The van der Waals surface area contributed by atoms with Crippen LogP contribution in [0.15, 0.2) is 21.1 Å². The van der Waals surface area contributed by atoms with E-state index in [0.717, 1.165) is 14.6 Å². The van der Waals surface area contributed by atoms with E-state index in [4.69, 9.17) is 4.74 Å². The number of carbonyl (C=O) groups is 2. The summed E-state index contributed by atoms with van der Waals surface area (Å²) in [5, 5.41) is 0.0543. The summed E-state index contributed by atoms with van der Waals surface area (Å²) in [5.41, 5.74) is 0.765. The largest absolute Gasteiger partial charge is 0.495 e. The van der Waals surface area contributed by atoms with Crippen molar-refractivity contribution in [3.8, 4) is 5.75 Å². The number of anilines is 1. The lowest BCUT2D eigenvalue weighted by molar-refractivity contribution is -0.117. The molecule has 4 nitrogen and oxygen atoms in total. The summed E-state index contributed by atoms with van der Waals surface area (Å²) in [7, 11) is 1.58. The van der Waals surface area contributed by atoms with Crippen LogP contribution in [-0.2, 0) is 9.59 Å². The first-order chi connectivity index (χ1) is 9.42. The van der Waals surface area contributed by atoms with Crippen LogP contribution in [0.3, 0.4) is 0 Å². The van der Waals surface area contributed by atoms with Crippen molar-refractivity contribution in [2.75, 3.05) is 18.6 Å². The summed E-state index contributed by atoms with van der Waals surface area (Å²) < 4.78 is 6.89. The van der Waals surface area contributed by atoms with Crippen molar-refractivity contribution in [2.24, 2.45) is 0 Å². The number of ether oxygens (including phenoxy) is 1. The van der Waals surface area contributed by atoms with E-state index >= 15 is 0 Å². The Kier molecular flexibility index (Phi) is 5.14. The number of rotatable bonds is 3. The van der Waals surface area contributed by atoms with E-state index in [1.807, 2.05) is 12.1 Å². The molecule has 1 unspecified atom stereocenters. The molecule has 1 aromatic carbocycles. The molecular formula is C13H13Br2NO3S. The highest BCUT2D eigenvalue weighted by Crippen LogP contribution is 2.39. The molecule has 108 valence electrons. The van der Waals surface area contributed by atoms with Crippen LogP contribution in [0.5, 0.6) is 5.75 Å². The van der Waals surface area contributed by atoms with E-state index in [2.05, 4.69) is 31.9 Å². The smallest absolute Gasteiger partial charge is 0.228 e.